The van der Waals surface area contributed by atoms with E-state index in [1.54, 1.807) is 0 Å². The third-order valence-corrected chi connectivity index (χ3v) is 6.45. The maximum atomic E-state index is 12.9. The van der Waals surface area contributed by atoms with E-state index in [0.717, 1.165) is 48.1 Å². The van der Waals surface area contributed by atoms with Crippen molar-refractivity contribution < 1.29 is 19.1 Å². The molecule has 1 atom stereocenters. The van der Waals surface area contributed by atoms with Gasteiger partial charge in [-0.15, -0.1) is 0 Å². The molecule has 3 aromatic carbocycles. The van der Waals surface area contributed by atoms with Crippen LogP contribution in [0.1, 0.15) is 56.2 Å². The number of rotatable bonds is 11. The molecule has 1 unspecified atom stereocenters. The van der Waals surface area contributed by atoms with Crippen LogP contribution >= 0.6 is 0 Å². The third kappa shape index (κ3) is 6.22. The minimum atomic E-state index is -0.218. The Morgan fingerprint density at radius 1 is 0.917 bits per heavy atom. The van der Waals surface area contributed by atoms with Crippen LogP contribution in [-0.2, 0) is 20.7 Å². The zero-order valence-corrected chi connectivity index (χ0v) is 21.0. The lowest BCUT2D eigenvalue weighted by Crippen LogP contribution is -2.15. The first-order chi connectivity index (χ1) is 17.6. The minimum Gasteiger partial charge on any atom is -0.465 e. The molecule has 0 saturated heterocycles. The lowest BCUT2D eigenvalue weighted by molar-refractivity contribution is -0.144. The van der Waals surface area contributed by atoms with Crippen molar-refractivity contribution in [2.75, 3.05) is 11.9 Å². The Kier molecular flexibility index (Phi) is 8.56. The normalized spacial score (nSPS) is 14.6. The van der Waals surface area contributed by atoms with Crippen molar-refractivity contribution in [2.45, 2.75) is 46.0 Å². The maximum absolute atomic E-state index is 12.9. The number of esters is 1. The number of amides is 1. The summed E-state index contributed by atoms with van der Waals surface area (Å²) in [5.41, 5.74) is 3.74. The van der Waals surface area contributed by atoms with Crippen LogP contribution in [0.3, 0.4) is 0 Å². The number of carbonyl (C=O) groups excluding carboxylic acids is 2. The third-order valence-electron chi connectivity index (χ3n) is 6.45. The van der Waals surface area contributed by atoms with E-state index < -0.39 is 0 Å². The fraction of sp³-hybridized carbons (Fsp3) is 0.290. The van der Waals surface area contributed by atoms with E-state index in [1.807, 2.05) is 78.9 Å². The lowest BCUT2D eigenvalue weighted by atomic mass is 10.0. The fourth-order valence-corrected chi connectivity index (χ4v) is 4.31. The number of anilines is 1. The van der Waals surface area contributed by atoms with Gasteiger partial charge in [-0.05, 0) is 36.1 Å². The van der Waals surface area contributed by atoms with E-state index >= 15 is 0 Å². The summed E-state index contributed by atoms with van der Waals surface area (Å²) in [6.07, 6.45) is 4.63. The highest BCUT2D eigenvalue weighted by atomic mass is 16.5. The predicted molar refractivity (Wildman–Crippen MR) is 143 cm³/mol. The molecular weight excluding hydrogens is 450 g/mol. The van der Waals surface area contributed by atoms with Gasteiger partial charge in [0.25, 0.3) is 5.91 Å². The van der Waals surface area contributed by atoms with Gasteiger partial charge in [-0.25, -0.2) is 0 Å². The number of fused-ring (bicyclic) bond motifs is 1. The number of nitrogens with one attached hydrogen (secondary N) is 1. The van der Waals surface area contributed by atoms with Crippen molar-refractivity contribution in [2.24, 2.45) is 5.92 Å². The summed E-state index contributed by atoms with van der Waals surface area (Å²) < 4.78 is 11.8. The summed E-state index contributed by atoms with van der Waals surface area (Å²) in [5, 5.41) is 2.92. The Bertz CT molecular complexity index is 1210. The first-order valence-electron chi connectivity index (χ1n) is 12.7. The number of unbranched alkanes of at least 4 members (excludes halogenated alkanes) is 1. The minimum absolute atomic E-state index is 0.196. The Morgan fingerprint density at radius 3 is 2.36 bits per heavy atom. The van der Waals surface area contributed by atoms with Gasteiger partial charge in [0.15, 0.2) is 0 Å². The number of benzene rings is 3. The number of hydrogen-bond acceptors (Lipinski definition) is 4. The molecule has 0 radical (unpaired) electrons. The van der Waals surface area contributed by atoms with Gasteiger partial charge in [0, 0.05) is 16.8 Å². The molecule has 36 heavy (non-hydrogen) atoms. The molecule has 3 aromatic rings. The van der Waals surface area contributed by atoms with E-state index in [-0.39, 0.29) is 18.3 Å². The highest BCUT2D eigenvalue weighted by Crippen LogP contribution is 2.37. The number of para-hydroxylation sites is 1. The van der Waals surface area contributed by atoms with Crippen LogP contribution in [0, 0.1) is 5.92 Å². The number of carbonyl (C=O) groups is 2. The predicted octanol–water partition coefficient (Wildman–Crippen LogP) is 6.89. The monoisotopic (exact) mass is 483 g/mol. The van der Waals surface area contributed by atoms with Crippen LogP contribution in [0.15, 0.2) is 78.9 Å². The quantitative estimate of drug-likeness (QED) is 0.183. The fourth-order valence-electron chi connectivity index (χ4n) is 4.31. The maximum Gasteiger partial charge on any atom is 0.310 e. The molecule has 0 aliphatic carbocycles. The highest BCUT2D eigenvalue weighted by Gasteiger charge is 2.29. The summed E-state index contributed by atoms with van der Waals surface area (Å²) in [5.74, 6) is 1.08. The van der Waals surface area contributed by atoms with E-state index in [4.69, 9.17) is 9.47 Å². The van der Waals surface area contributed by atoms with Gasteiger partial charge in [0.05, 0.1) is 18.6 Å². The lowest BCUT2D eigenvalue weighted by Gasteiger charge is -2.15. The molecule has 0 bridgehead atoms. The van der Waals surface area contributed by atoms with Gasteiger partial charge in [0.2, 0.25) is 0 Å². The Labute approximate surface area is 213 Å². The van der Waals surface area contributed by atoms with Crippen molar-refractivity contribution >= 4 is 28.9 Å². The average Bonchev–Trinajstić information content (AvgIpc) is 3.24. The van der Waals surface area contributed by atoms with Crippen LogP contribution in [0.2, 0.25) is 0 Å². The topological polar surface area (TPSA) is 64.6 Å². The molecule has 5 heteroatoms. The highest BCUT2D eigenvalue weighted by molar-refractivity contribution is 6.36. The molecule has 1 aliphatic heterocycles. The van der Waals surface area contributed by atoms with Crippen molar-refractivity contribution in [3.8, 4) is 5.75 Å². The van der Waals surface area contributed by atoms with Crippen LogP contribution < -0.4 is 10.1 Å². The smallest absolute Gasteiger partial charge is 0.310 e. The number of hydrogen-bond donors (Lipinski definition) is 1. The SMILES string of the molecule is CCCCC(CC)COC(=O)Cc1ccc(O/C(=C2/C(=O)Nc3ccccc32)c2ccccc2)cc1. The van der Waals surface area contributed by atoms with Crippen LogP contribution in [0.5, 0.6) is 5.75 Å². The van der Waals surface area contributed by atoms with Gasteiger partial charge < -0.3 is 14.8 Å². The Balaban J connectivity index is 1.49. The summed E-state index contributed by atoms with van der Waals surface area (Å²) in [6.45, 7) is 4.79. The molecule has 0 spiro atoms. The Morgan fingerprint density at radius 2 is 1.64 bits per heavy atom. The largest absolute Gasteiger partial charge is 0.465 e. The summed E-state index contributed by atoms with van der Waals surface area (Å²) in [7, 11) is 0. The van der Waals surface area contributed by atoms with E-state index in [2.05, 4.69) is 19.2 Å². The molecule has 1 aliphatic rings. The van der Waals surface area contributed by atoms with Crippen molar-refractivity contribution in [3.05, 3.63) is 95.6 Å². The van der Waals surface area contributed by atoms with Gasteiger partial charge in [-0.3, -0.25) is 9.59 Å². The first kappa shape index (κ1) is 25.2. The molecule has 0 saturated carbocycles. The second-order valence-electron chi connectivity index (χ2n) is 9.09. The van der Waals surface area contributed by atoms with Crippen molar-refractivity contribution in [1.82, 2.24) is 0 Å². The average molecular weight is 484 g/mol. The standard InChI is InChI=1S/C31H33NO4/c1-3-5-11-22(4-2)21-35-28(33)20-23-16-18-25(19-17-23)36-30(24-12-7-6-8-13-24)29-26-14-9-10-15-27(26)32-31(29)34/h6-10,12-19,22H,3-5,11,20-21H2,1-2H3,(H,32,34)/b30-29+. The van der Waals surface area contributed by atoms with Crippen LogP contribution in [0.4, 0.5) is 5.69 Å². The summed E-state index contributed by atoms with van der Waals surface area (Å²) in [6, 6.07) is 24.5. The number of ether oxygens (including phenoxy) is 2. The molecule has 4 rings (SSSR count). The van der Waals surface area contributed by atoms with Gasteiger partial charge >= 0.3 is 5.97 Å². The molecule has 1 amide bonds. The molecule has 0 fully saturated rings. The molecule has 1 heterocycles. The second-order valence-corrected chi connectivity index (χ2v) is 9.09. The Hall–Kier alpha value is -3.86. The summed E-state index contributed by atoms with van der Waals surface area (Å²) in [4.78, 5) is 25.3. The first-order valence-corrected chi connectivity index (χ1v) is 12.7. The van der Waals surface area contributed by atoms with E-state index in [9.17, 15) is 9.59 Å². The van der Waals surface area contributed by atoms with Crippen LogP contribution in [-0.4, -0.2) is 18.5 Å². The van der Waals surface area contributed by atoms with Crippen molar-refractivity contribution in [3.63, 3.8) is 0 Å². The molecule has 186 valence electrons. The van der Waals surface area contributed by atoms with Gasteiger partial charge in [-0.2, -0.15) is 0 Å². The zero-order chi connectivity index (χ0) is 25.3. The molecular formula is C31H33NO4. The van der Waals surface area contributed by atoms with E-state index in [0.29, 0.717) is 29.6 Å². The molecule has 1 N–H and O–H groups in total. The van der Waals surface area contributed by atoms with Crippen LogP contribution in [0.25, 0.3) is 11.3 Å². The zero-order valence-electron chi connectivity index (χ0n) is 21.0. The van der Waals surface area contributed by atoms with Gasteiger partial charge in [-0.1, -0.05) is 93.8 Å². The second kappa shape index (κ2) is 12.2. The summed E-state index contributed by atoms with van der Waals surface area (Å²) >= 11 is 0. The molecule has 5 nitrogen and oxygen atoms in total. The van der Waals surface area contributed by atoms with E-state index in [1.165, 1.54) is 0 Å². The van der Waals surface area contributed by atoms with Crippen molar-refractivity contribution in [1.29, 1.82) is 0 Å². The molecule has 0 aromatic heterocycles. The van der Waals surface area contributed by atoms with Gasteiger partial charge in [0.1, 0.15) is 11.5 Å².